The third kappa shape index (κ3) is 2.36. The third-order valence-electron chi connectivity index (χ3n) is 4.45. The SMILES string of the molecule is CC(C)N1CCC2CN(C(=O)n3cncn3)CC2C1. The Morgan fingerprint density at radius 2 is 2.05 bits per heavy atom. The molecule has 0 bridgehead atoms. The minimum atomic E-state index is -0.0389. The summed E-state index contributed by atoms with van der Waals surface area (Å²) in [6.07, 6.45) is 4.08. The number of carbonyl (C=O) groups is 1. The van der Waals surface area contributed by atoms with E-state index < -0.39 is 0 Å². The van der Waals surface area contributed by atoms with Crippen molar-refractivity contribution in [3.8, 4) is 0 Å². The summed E-state index contributed by atoms with van der Waals surface area (Å²) in [5.74, 6) is 1.27. The summed E-state index contributed by atoms with van der Waals surface area (Å²) in [4.78, 5) is 20.5. The van der Waals surface area contributed by atoms with E-state index in [9.17, 15) is 4.79 Å². The molecule has 2 atom stereocenters. The first-order valence-corrected chi connectivity index (χ1v) is 7.03. The maximum Gasteiger partial charge on any atom is 0.346 e. The summed E-state index contributed by atoms with van der Waals surface area (Å²) < 4.78 is 1.33. The van der Waals surface area contributed by atoms with Gasteiger partial charge in [-0.15, -0.1) is 0 Å². The third-order valence-corrected chi connectivity index (χ3v) is 4.45. The molecule has 6 nitrogen and oxygen atoms in total. The van der Waals surface area contributed by atoms with Crippen LogP contribution in [0.15, 0.2) is 12.7 Å². The molecule has 2 aliphatic rings. The molecule has 0 aromatic carbocycles. The van der Waals surface area contributed by atoms with Gasteiger partial charge in [-0.05, 0) is 38.6 Å². The molecule has 2 fully saturated rings. The summed E-state index contributed by atoms with van der Waals surface area (Å²) >= 11 is 0. The molecule has 0 N–H and O–H groups in total. The van der Waals surface area contributed by atoms with E-state index in [1.807, 2.05) is 4.90 Å². The van der Waals surface area contributed by atoms with Crippen molar-refractivity contribution in [1.29, 1.82) is 0 Å². The first kappa shape index (κ1) is 12.6. The molecule has 2 unspecified atom stereocenters. The molecule has 104 valence electrons. The van der Waals surface area contributed by atoms with Crippen LogP contribution in [0.3, 0.4) is 0 Å². The minimum Gasteiger partial charge on any atom is -0.322 e. The highest BCUT2D eigenvalue weighted by Gasteiger charge is 2.39. The van der Waals surface area contributed by atoms with Crippen LogP contribution in [0.1, 0.15) is 20.3 Å². The lowest BCUT2D eigenvalue weighted by Crippen LogP contribution is -2.43. The van der Waals surface area contributed by atoms with Gasteiger partial charge in [0, 0.05) is 25.7 Å². The number of nitrogens with zero attached hydrogens (tertiary/aromatic N) is 5. The van der Waals surface area contributed by atoms with E-state index >= 15 is 0 Å². The van der Waals surface area contributed by atoms with Crippen LogP contribution in [-0.4, -0.2) is 62.8 Å². The molecule has 0 radical (unpaired) electrons. The zero-order valence-corrected chi connectivity index (χ0v) is 11.6. The van der Waals surface area contributed by atoms with Crippen LogP contribution in [-0.2, 0) is 0 Å². The molecule has 0 aliphatic carbocycles. The van der Waals surface area contributed by atoms with Gasteiger partial charge in [-0.2, -0.15) is 9.78 Å². The molecule has 0 spiro atoms. The van der Waals surface area contributed by atoms with Crippen molar-refractivity contribution < 1.29 is 4.79 Å². The van der Waals surface area contributed by atoms with Crippen molar-refractivity contribution >= 4 is 6.03 Å². The summed E-state index contributed by atoms with van der Waals surface area (Å²) in [5, 5.41) is 3.93. The number of amides is 1. The second-order valence-corrected chi connectivity index (χ2v) is 5.93. The van der Waals surface area contributed by atoms with E-state index in [1.54, 1.807) is 0 Å². The van der Waals surface area contributed by atoms with Crippen LogP contribution >= 0.6 is 0 Å². The first-order valence-electron chi connectivity index (χ1n) is 7.03. The Bertz CT molecular complexity index is 444. The van der Waals surface area contributed by atoms with Crippen molar-refractivity contribution in [2.45, 2.75) is 26.3 Å². The van der Waals surface area contributed by atoms with Gasteiger partial charge in [-0.1, -0.05) is 0 Å². The van der Waals surface area contributed by atoms with Gasteiger partial charge in [0.25, 0.3) is 0 Å². The van der Waals surface area contributed by atoms with Gasteiger partial charge in [-0.25, -0.2) is 9.78 Å². The molecular formula is C13H21N5O. The van der Waals surface area contributed by atoms with Crippen molar-refractivity contribution in [1.82, 2.24) is 24.6 Å². The van der Waals surface area contributed by atoms with Gasteiger partial charge in [0.15, 0.2) is 0 Å². The second kappa shape index (κ2) is 4.92. The van der Waals surface area contributed by atoms with Crippen LogP contribution in [0, 0.1) is 11.8 Å². The van der Waals surface area contributed by atoms with Gasteiger partial charge in [-0.3, -0.25) is 0 Å². The average Bonchev–Trinajstić information content (AvgIpc) is 3.06. The van der Waals surface area contributed by atoms with E-state index in [4.69, 9.17) is 0 Å². The van der Waals surface area contributed by atoms with Crippen LogP contribution < -0.4 is 0 Å². The lowest BCUT2D eigenvalue weighted by atomic mass is 9.88. The highest BCUT2D eigenvalue weighted by atomic mass is 16.2. The Morgan fingerprint density at radius 3 is 2.74 bits per heavy atom. The maximum absolute atomic E-state index is 12.2. The molecule has 3 heterocycles. The number of fused-ring (bicyclic) bond motifs is 1. The van der Waals surface area contributed by atoms with E-state index in [0.29, 0.717) is 17.9 Å². The van der Waals surface area contributed by atoms with Crippen LogP contribution in [0.25, 0.3) is 0 Å². The lowest BCUT2D eigenvalue weighted by Gasteiger charge is -2.36. The largest absolute Gasteiger partial charge is 0.346 e. The summed E-state index contributed by atoms with van der Waals surface area (Å²) in [5.41, 5.74) is 0. The number of piperidine rings is 1. The van der Waals surface area contributed by atoms with Crippen molar-refractivity contribution in [2.24, 2.45) is 11.8 Å². The topological polar surface area (TPSA) is 54.3 Å². The molecule has 2 aliphatic heterocycles. The number of hydrogen-bond acceptors (Lipinski definition) is 4. The van der Waals surface area contributed by atoms with Gasteiger partial charge >= 0.3 is 6.03 Å². The highest BCUT2D eigenvalue weighted by Crippen LogP contribution is 2.32. The molecule has 19 heavy (non-hydrogen) atoms. The van der Waals surface area contributed by atoms with E-state index in [1.165, 1.54) is 23.8 Å². The van der Waals surface area contributed by atoms with Crippen molar-refractivity contribution in [2.75, 3.05) is 26.2 Å². The van der Waals surface area contributed by atoms with Gasteiger partial charge in [0.1, 0.15) is 12.7 Å². The molecule has 0 saturated carbocycles. The standard InChI is InChI=1S/C13H21N5O/c1-10(2)16-4-3-11-5-17(7-12(11)6-16)13(19)18-9-14-8-15-18/h8-12H,3-7H2,1-2H3. The fraction of sp³-hybridized carbons (Fsp3) is 0.769. The molecule has 1 aromatic heterocycles. The van der Waals surface area contributed by atoms with E-state index in [0.717, 1.165) is 26.2 Å². The molecule has 1 amide bonds. The normalized spacial score (nSPS) is 27.8. The molecule has 2 saturated heterocycles. The van der Waals surface area contributed by atoms with Crippen LogP contribution in [0.4, 0.5) is 4.79 Å². The van der Waals surface area contributed by atoms with Crippen LogP contribution in [0.5, 0.6) is 0 Å². The Balaban J connectivity index is 1.65. The number of carbonyl (C=O) groups excluding carboxylic acids is 1. The zero-order chi connectivity index (χ0) is 13.4. The minimum absolute atomic E-state index is 0.0389. The van der Waals surface area contributed by atoms with E-state index in [-0.39, 0.29) is 6.03 Å². The predicted molar refractivity (Wildman–Crippen MR) is 70.7 cm³/mol. The fourth-order valence-electron chi connectivity index (χ4n) is 3.27. The zero-order valence-electron chi connectivity index (χ0n) is 11.6. The summed E-state index contributed by atoms with van der Waals surface area (Å²) in [6, 6.07) is 0.559. The average molecular weight is 263 g/mol. The maximum atomic E-state index is 12.2. The van der Waals surface area contributed by atoms with Crippen LogP contribution in [0.2, 0.25) is 0 Å². The molecule has 6 heteroatoms. The first-order chi connectivity index (χ1) is 9.15. The Morgan fingerprint density at radius 1 is 1.26 bits per heavy atom. The Labute approximate surface area is 113 Å². The molecule has 1 aromatic rings. The summed E-state index contributed by atoms with van der Waals surface area (Å²) in [6.45, 7) is 8.48. The quantitative estimate of drug-likeness (QED) is 0.755. The molecule has 3 rings (SSSR count). The second-order valence-electron chi connectivity index (χ2n) is 5.93. The van der Waals surface area contributed by atoms with Crippen molar-refractivity contribution in [3.63, 3.8) is 0 Å². The van der Waals surface area contributed by atoms with Gasteiger partial charge in [0.05, 0.1) is 0 Å². The lowest BCUT2D eigenvalue weighted by molar-refractivity contribution is 0.118. The number of likely N-dealkylation sites (tertiary alicyclic amines) is 2. The number of hydrogen-bond donors (Lipinski definition) is 0. The highest BCUT2D eigenvalue weighted by molar-refractivity contribution is 5.75. The molecular weight excluding hydrogens is 242 g/mol. The van der Waals surface area contributed by atoms with Gasteiger partial charge in [0.2, 0.25) is 0 Å². The van der Waals surface area contributed by atoms with Gasteiger partial charge < -0.3 is 9.80 Å². The van der Waals surface area contributed by atoms with E-state index in [2.05, 4.69) is 28.8 Å². The Kier molecular flexibility index (Phi) is 3.26. The Hall–Kier alpha value is -1.43. The predicted octanol–water partition coefficient (Wildman–Crippen LogP) is 0.908. The number of aromatic nitrogens is 3. The van der Waals surface area contributed by atoms with Crippen molar-refractivity contribution in [3.05, 3.63) is 12.7 Å². The smallest absolute Gasteiger partial charge is 0.322 e. The monoisotopic (exact) mass is 263 g/mol. The number of rotatable bonds is 1. The summed E-state index contributed by atoms with van der Waals surface area (Å²) in [7, 11) is 0. The fourth-order valence-corrected chi connectivity index (χ4v) is 3.27.